The number of fused-ring (bicyclic) bond motifs is 1. The van der Waals surface area contributed by atoms with Crippen molar-refractivity contribution in [3.8, 4) is 0 Å². The van der Waals surface area contributed by atoms with Crippen molar-refractivity contribution in [2.75, 3.05) is 41.5 Å². The lowest BCUT2D eigenvalue weighted by molar-refractivity contribution is 1.03. The predicted molar refractivity (Wildman–Crippen MR) is 60.4 cm³/mol. The molecule has 4 nitrogen and oxygen atoms in total. The van der Waals surface area contributed by atoms with Crippen LogP contribution in [0.1, 0.15) is 0 Å². The molecule has 76 valence electrons. The molecule has 0 aliphatic carbocycles. The summed E-state index contributed by atoms with van der Waals surface area (Å²) in [7, 11) is 0. The molecule has 14 heavy (non-hydrogen) atoms. The molecule has 0 saturated carbocycles. The maximum Gasteiger partial charge on any atom is 0.0844 e. The van der Waals surface area contributed by atoms with Crippen molar-refractivity contribution in [2.24, 2.45) is 0 Å². The van der Waals surface area contributed by atoms with Gasteiger partial charge in [-0.15, -0.1) is 11.6 Å². The minimum absolute atomic E-state index is 0.594. The second-order valence-electron chi connectivity index (χ2n) is 3.08. The van der Waals surface area contributed by atoms with Crippen molar-refractivity contribution >= 4 is 28.7 Å². The minimum Gasteiger partial charge on any atom is -0.381 e. The van der Waals surface area contributed by atoms with Gasteiger partial charge in [-0.3, -0.25) is 4.98 Å². The third kappa shape index (κ3) is 1.85. The van der Waals surface area contributed by atoms with Crippen LogP contribution in [0.15, 0.2) is 12.4 Å². The first-order valence-corrected chi connectivity index (χ1v) is 5.21. The number of nitrogens with one attached hydrogen (secondary N) is 3. The monoisotopic (exact) mass is 212 g/mol. The molecule has 0 radical (unpaired) electrons. The summed E-state index contributed by atoms with van der Waals surface area (Å²) < 4.78 is 0. The van der Waals surface area contributed by atoms with Gasteiger partial charge in [0, 0.05) is 25.5 Å². The Labute approximate surface area is 88.1 Å². The molecule has 1 aromatic rings. The Morgan fingerprint density at radius 2 is 2.21 bits per heavy atom. The zero-order valence-corrected chi connectivity index (χ0v) is 8.56. The molecular weight excluding hydrogens is 200 g/mol. The van der Waals surface area contributed by atoms with Crippen LogP contribution in [0, 0.1) is 0 Å². The molecule has 5 heteroatoms. The van der Waals surface area contributed by atoms with E-state index in [9.17, 15) is 0 Å². The lowest BCUT2D eigenvalue weighted by Crippen LogP contribution is -2.22. The standard InChI is InChI=1S/C9H13ClN4/c10-1-2-12-7-5-11-6-8-9(7)14-4-3-13-8/h5-6,12-14H,1-4H2. The van der Waals surface area contributed by atoms with E-state index in [-0.39, 0.29) is 0 Å². The zero-order chi connectivity index (χ0) is 9.80. The highest BCUT2D eigenvalue weighted by atomic mass is 35.5. The smallest absolute Gasteiger partial charge is 0.0844 e. The predicted octanol–water partition coefficient (Wildman–Crippen LogP) is 1.57. The van der Waals surface area contributed by atoms with Gasteiger partial charge in [-0.05, 0) is 0 Å². The first-order chi connectivity index (χ1) is 6.92. The number of anilines is 3. The minimum atomic E-state index is 0.594. The van der Waals surface area contributed by atoms with E-state index >= 15 is 0 Å². The summed E-state index contributed by atoms with van der Waals surface area (Å²) in [5.74, 6) is 0.594. The van der Waals surface area contributed by atoms with Crippen LogP contribution in [0.25, 0.3) is 0 Å². The topological polar surface area (TPSA) is 49.0 Å². The number of hydrogen-bond donors (Lipinski definition) is 3. The third-order valence-corrected chi connectivity index (χ3v) is 2.29. The van der Waals surface area contributed by atoms with Crippen LogP contribution >= 0.6 is 11.6 Å². The lowest BCUT2D eigenvalue weighted by Gasteiger charge is -2.22. The van der Waals surface area contributed by atoms with Crippen molar-refractivity contribution in [3.05, 3.63) is 12.4 Å². The molecule has 1 aliphatic heterocycles. The number of pyridine rings is 1. The highest BCUT2D eigenvalue weighted by Crippen LogP contribution is 2.30. The van der Waals surface area contributed by atoms with Gasteiger partial charge in [0.05, 0.1) is 29.5 Å². The molecule has 0 atom stereocenters. The van der Waals surface area contributed by atoms with Gasteiger partial charge in [0.15, 0.2) is 0 Å². The Kier molecular flexibility index (Phi) is 2.93. The number of rotatable bonds is 3. The molecule has 0 saturated heterocycles. The molecule has 0 fully saturated rings. The van der Waals surface area contributed by atoms with E-state index in [1.54, 1.807) is 0 Å². The maximum atomic E-state index is 5.62. The molecule has 0 aromatic carbocycles. The molecule has 0 bridgehead atoms. The van der Waals surface area contributed by atoms with Gasteiger partial charge >= 0.3 is 0 Å². The fraction of sp³-hybridized carbons (Fsp3) is 0.444. The number of hydrogen-bond acceptors (Lipinski definition) is 4. The van der Waals surface area contributed by atoms with Crippen molar-refractivity contribution < 1.29 is 0 Å². The van der Waals surface area contributed by atoms with Crippen molar-refractivity contribution in [1.82, 2.24) is 4.98 Å². The number of alkyl halides is 1. The molecule has 0 spiro atoms. The number of halogens is 1. The Morgan fingerprint density at radius 1 is 1.36 bits per heavy atom. The summed E-state index contributed by atoms with van der Waals surface area (Å²) in [5, 5.41) is 9.84. The van der Waals surface area contributed by atoms with Crippen LogP contribution in [-0.4, -0.2) is 30.5 Å². The van der Waals surface area contributed by atoms with Gasteiger partial charge in [-0.2, -0.15) is 0 Å². The maximum absolute atomic E-state index is 5.62. The molecule has 2 rings (SSSR count). The molecule has 3 N–H and O–H groups in total. The Balaban J connectivity index is 2.21. The average Bonchev–Trinajstić information content (AvgIpc) is 2.26. The van der Waals surface area contributed by atoms with Crippen LogP contribution in [-0.2, 0) is 0 Å². The molecule has 1 aliphatic rings. The third-order valence-electron chi connectivity index (χ3n) is 2.10. The van der Waals surface area contributed by atoms with Crippen LogP contribution < -0.4 is 16.0 Å². The summed E-state index contributed by atoms with van der Waals surface area (Å²) in [6.45, 7) is 2.63. The fourth-order valence-electron chi connectivity index (χ4n) is 1.49. The quantitative estimate of drug-likeness (QED) is 0.666. The van der Waals surface area contributed by atoms with Gasteiger partial charge in [-0.1, -0.05) is 0 Å². The SMILES string of the molecule is ClCCNc1cncc2c1NCCN2. The van der Waals surface area contributed by atoms with Crippen molar-refractivity contribution in [1.29, 1.82) is 0 Å². The zero-order valence-electron chi connectivity index (χ0n) is 7.81. The summed E-state index contributed by atoms with van der Waals surface area (Å²) in [6, 6.07) is 0. The summed E-state index contributed by atoms with van der Waals surface area (Å²) in [5.41, 5.74) is 3.16. The van der Waals surface area contributed by atoms with Gasteiger partial charge in [0.25, 0.3) is 0 Å². The average molecular weight is 213 g/mol. The van der Waals surface area contributed by atoms with Crippen LogP contribution in [0.3, 0.4) is 0 Å². The van der Waals surface area contributed by atoms with E-state index in [2.05, 4.69) is 20.9 Å². The molecular formula is C9H13ClN4. The highest BCUT2D eigenvalue weighted by molar-refractivity contribution is 6.18. The first kappa shape index (κ1) is 9.40. The summed E-state index contributed by atoms with van der Waals surface area (Å²) in [6.07, 6.45) is 3.64. The number of aromatic nitrogens is 1. The van der Waals surface area contributed by atoms with E-state index in [4.69, 9.17) is 11.6 Å². The molecule has 0 amide bonds. The Morgan fingerprint density at radius 3 is 3.07 bits per heavy atom. The van der Waals surface area contributed by atoms with Crippen LogP contribution in [0.2, 0.25) is 0 Å². The van der Waals surface area contributed by atoms with E-state index in [1.807, 2.05) is 12.4 Å². The molecule has 2 heterocycles. The summed E-state index contributed by atoms with van der Waals surface area (Å²) >= 11 is 5.62. The second-order valence-corrected chi connectivity index (χ2v) is 3.46. The van der Waals surface area contributed by atoms with Crippen LogP contribution in [0.4, 0.5) is 17.1 Å². The van der Waals surface area contributed by atoms with Gasteiger partial charge in [0.1, 0.15) is 0 Å². The fourth-order valence-corrected chi connectivity index (χ4v) is 1.58. The van der Waals surface area contributed by atoms with E-state index < -0.39 is 0 Å². The van der Waals surface area contributed by atoms with Crippen molar-refractivity contribution in [2.45, 2.75) is 0 Å². The second kappa shape index (κ2) is 4.37. The largest absolute Gasteiger partial charge is 0.381 e. The van der Waals surface area contributed by atoms with Gasteiger partial charge < -0.3 is 16.0 Å². The number of nitrogens with zero attached hydrogens (tertiary/aromatic N) is 1. The van der Waals surface area contributed by atoms with Gasteiger partial charge in [0.2, 0.25) is 0 Å². The molecule has 1 aromatic heterocycles. The van der Waals surface area contributed by atoms with E-state index in [1.165, 1.54) is 0 Å². The summed E-state index contributed by atoms with van der Waals surface area (Å²) in [4.78, 5) is 4.14. The first-order valence-electron chi connectivity index (χ1n) is 4.67. The van der Waals surface area contributed by atoms with Gasteiger partial charge in [-0.25, -0.2) is 0 Å². The van der Waals surface area contributed by atoms with Crippen molar-refractivity contribution in [3.63, 3.8) is 0 Å². The Bertz CT molecular complexity index is 316. The van der Waals surface area contributed by atoms with Crippen LogP contribution in [0.5, 0.6) is 0 Å². The Hall–Kier alpha value is -1.16. The normalized spacial score (nSPS) is 13.8. The molecule has 0 unspecified atom stereocenters. The van der Waals surface area contributed by atoms with E-state index in [0.29, 0.717) is 5.88 Å². The lowest BCUT2D eigenvalue weighted by atomic mass is 10.2. The highest BCUT2D eigenvalue weighted by Gasteiger charge is 2.11. The van der Waals surface area contributed by atoms with E-state index in [0.717, 1.165) is 36.7 Å².